The first kappa shape index (κ1) is 17.2. The lowest BCUT2D eigenvalue weighted by Crippen LogP contribution is -2.20. The largest absolute Gasteiger partial charge is 0.573 e. The van der Waals surface area contributed by atoms with Crippen LogP contribution < -0.4 is 10.1 Å². The number of ether oxygens (including phenoxy) is 1. The molecule has 0 fully saturated rings. The minimum atomic E-state index is -4.64. The van der Waals surface area contributed by atoms with Crippen LogP contribution in [0.5, 0.6) is 5.75 Å². The van der Waals surface area contributed by atoms with Gasteiger partial charge in [0.15, 0.2) is 0 Å². The molecule has 1 atom stereocenters. The Kier molecular flexibility index (Phi) is 7.23. The summed E-state index contributed by atoms with van der Waals surface area (Å²) in [6, 6.07) is 6.11. The Hall–Kier alpha value is -0.880. The van der Waals surface area contributed by atoms with Gasteiger partial charge in [-0.3, -0.25) is 0 Å². The molecule has 0 spiro atoms. The van der Waals surface area contributed by atoms with Gasteiger partial charge in [0.05, 0.1) is 0 Å². The molecule has 0 aromatic heterocycles. The minimum Gasteiger partial charge on any atom is -0.406 e. The van der Waals surface area contributed by atoms with E-state index in [1.165, 1.54) is 18.6 Å². The van der Waals surface area contributed by atoms with Crippen molar-refractivity contribution in [2.75, 3.05) is 18.6 Å². The molecule has 0 aliphatic carbocycles. The molecule has 0 radical (unpaired) electrons. The molecule has 20 heavy (non-hydrogen) atoms. The number of benzene rings is 1. The number of halogens is 3. The van der Waals surface area contributed by atoms with Crippen molar-refractivity contribution in [3.63, 3.8) is 0 Å². The fraction of sp³-hybridized carbons (Fsp3) is 0.571. The number of alkyl halides is 3. The maximum atomic E-state index is 12.0. The van der Waals surface area contributed by atoms with Crippen LogP contribution in [0, 0.1) is 0 Å². The summed E-state index contributed by atoms with van der Waals surface area (Å²) in [7, 11) is 0. The van der Waals surface area contributed by atoms with Gasteiger partial charge in [0.2, 0.25) is 0 Å². The smallest absolute Gasteiger partial charge is 0.406 e. The number of hydrogen-bond donors (Lipinski definition) is 1. The molecule has 1 aromatic carbocycles. The lowest BCUT2D eigenvalue weighted by Gasteiger charge is -2.15. The number of hydrogen-bond acceptors (Lipinski definition) is 3. The van der Waals surface area contributed by atoms with Crippen molar-refractivity contribution in [2.45, 2.75) is 32.2 Å². The van der Waals surface area contributed by atoms with Crippen molar-refractivity contribution < 1.29 is 17.9 Å². The number of rotatable bonds is 8. The highest BCUT2D eigenvalue weighted by atomic mass is 32.2. The van der Waals surface area contributed by atoms with Crippen LogP contribution in [-0.4, -0.2) is 24.9 Å². The molecule has 1 rings (SSSR count). The van der Waals surface area contributed by atoms with Crippen molar-refractivity contribution in [1.82, 2.24) is 5.32 Å². The predicted octanol–water partition coefficient (Wildman–Crippen LogP) is 4.38. The molecule has 1 N–H and O–H groups in total. The SMILES string of the molecule is CSCCCCNC(C)c1ccc(OC(F)(F)F)cc1. The monoisotopic (exact) mass is 307 g/mol. The summed E-state index contributed by atoms with van der Waals surface area (Å²) in [5, 5.41) is 3.35. The van der Waals surface area contributed by atoms with E-state index in [9.17, 15) is 13.2 Å². The molecule has 0 amide bonds. The predicted molar refractivity (Wildman–Crippen MR) is 77.2 cm³/mol. The van der Waals surface area contributed by atoms with Gasteiger partial charge in [-0.2, -0.15) is 11.8 Å². The minimum absolute atomic E-state index is 0.115. The second-order valence-corrected chi connectivity index (χ2v) is 5.48. The van der Waals surface area contributed by atoms with Crippen LogP contribution in [0.15, 0.2) is 24.3 Å². The molecule has 1 aromatic rings. The average Bonchev–Trinajstić information content (AvgIpc) is 2.37. The van der Waals surface area contributed by atoms with Gasteiger partial charge in [0, 0.05) is 6.04 Å². The van der Waals surface area contributed by atoms with Crippen molar-refractivity contribution in [1.29, 1.82) is 0 Å². The van der Waals surface area contributed by atoms with Crippen LogP contribution in [-0.2, 0) is 0 Å². The standard InChI is InChI=1S/C14H20F3NOS/c1-11(18-9-3-4-10-20-2)12-5-7-13(8-6-12)19-14(15,16)17/h5-8,11,18H,3-4,9-10H2,1-2H3. The molecular formula is C14H20F3NOS. The lowest BCUT2D eigenvalue weighted by molar-refractivity contribution is -0.274. The third-order valence-corrected chi connectivity index (χ3v) is 3.54. The first-order valence-corrected chi connectivity index (χ1v) is 7.90. The summed E-state index contributed by atoms with van der Waals surface area (Å²) in [6.07, 6.45) is -0.289. The summed E-state index contributed by atoms with van der Waals surface area (Å²) in [4.78, 5) is 0. The van der Waals surface area contributed by atoms with E-state index in [0.29, 0.717) is 0 Å². The summed E-state index contributed by atoms with van der Waals surface area (Å²) < 4.78 is 39.9. The van der Waals surface area contributed by atoms with E-state index in [2.05, 4.69) is 16.3 Å². The second kappa shape index (κ2) is 8.42. The van der Waals surface area contributed by atoms with Crippen LogP contribution in [0.2, 0.25) is 0 Å². The van der Waals surface area contributed by atoms with Gasteiger partial charge >= 0.3 is 6.36 Å². The van der Waals surface area contributed by atoms with Gasteiger partial charge in [-0.1, -0.05) is 12.1 Å². The van der Waals surface area contributed by atoms with E-state index in [-0.39, 0.29) is 11.8 Å². The lowest BCUT2D eigenvalue weighted by atomic mass is 10.1. The van der Waals surface area contributed by atoms with Crippen LogP contribution in [0.1, 0.15) is 31.4 Å². The molecule has 0 aliphatic rings. The highest BCUT2D eigenvalue weighted by molar-refractivity contribution is 7.98. The van der Waals surface area contributed by atoms with E-state index in [0.717, 1.165) is 24.3 Å². The quantitative estimate of drug-likeness (QED) is 0.720. The first-order chi connectivity index (χ1) is 9.42. The normalized spacial score (nSPS) is 13.2. The summed E-state index contributed by atoms with van der Waals surface area (Å²) >= 11 is 1.83. The second-order valence-electron chi connectivity index (χ2n) is 4.49. The fourth-order valence-corrected chi connectivity index (χ4v) is 2.26. The Morgan fingerprint density at radius 2 is 1.85 bits per heavy atom. The molecule has 0 aliphatic heterocycles. The molecule has 6 heteroatoms. The van der Waals surface area contributed by atoms with Crippen LogP contribution in [0.25, 0.3) is 0 Å². The van der Waals surface area contributed by atoms with E-state index in [4.69, 9.17) is 0 Å². The molecule has 0 heterocycles. The van der Waals surface area contributed by atoms with Crippen molar-refractivity contribution in [3.8, 4) is 5.75 Å². The Bertz CT molecular complexity index is 381. The summed E-state index contributed by atoms with van der Waals surface area (Å²) in [5.74, 6) is 0.966. The number of nitrogens with one attached hydrogen (secondary N) is 1. The third kappa shape index (κ3) is 7.05. The topological polar surface area (TPSA) is 21.3 Å². The van der Waals surface area contributed by atoms with E-state index in [1.54, 1.807) is 12.1 Å². The van der Waals surface area contributed by atoms with Gasteiger partial charge in [-0.25, -0.2) is 0 Å². The Morgan fingerprint density at radius 3 is 2.40 bits per heavy atom. The zero-order valence-corrected chi connectivity index (χ0v) is 12.5. The number of unbranched alkanes of at least 4 members (excludes halogenated alkanes) is 1. The van der Waals surface area contributed by atoms with Gasteiger partial charge in [-0.15, -0.1) is 13.2 Å². The van der Waals surface area contributed by atoms with Crippen LogP contribution in [0.4, 0.5) is 13.2 Å². The third-order valence-electron chi connectivity index (χ3n) is 2.84. The molecule has 1 unspecified atom stereocenters. The summed E-state index contributed by atoms with van der Waals surface area (Å²) in [5.41, 5.74) is 0.949. The zero-order chi connectivity index (χ0) is 15.0. The zero-order valence-electron chi connectivity index (χ0n) is 11.7. The average molecular weight is 307 g/mol. The molecule has 2 nitrogen and oxygen atoms in total. The maximum absolute atomic E-state index is 12.0. The van der Waals surface area contributed by atoms with E-state index in [1.807, 2.05) is 18.7 Å². The van der Waals surface area contributed by atoms with Gasteiger partial charge in [0.1, 0.15) is 5.75 Å². The summed E-state index contributed by atoms with van der Waals surface area (Å²) in [6.45, 7) is 2.90. The molecule has 0 saturated carbocycles. The van der Waals surface area contributed by atoms with Crippen molar-refractivity contribution in [2.24, 2.45) is 0 Å². The fourth-order valence-electron chi connectivity index (χ4n) is 1.77. The number of thioether (sulfide) groups is 1. The van der Waals surface area contributed by atoms with E-state index < -0.39 is 6.36 Å². The Morgan fingerprint density at radius 1 is 1.20 bits per heavy atom. The van der Waals surface area contributed by atoms with E-state index >= 15 is 0 Å². The van der Waals surface area contributed by atoms with Crippen molar-refractivity contribution >= 4 is 11.8 Å². The van der Waals surface area contributed by atoms with Crippen molar-refractivity contribution in [3.05, 3.63) is 29.8 Å². The molecule has 0 bridgehead atoms. The van der Waals surface area contributed by atoms with Crippen LogP contribution in [0.3, 0.4) is 0 Å². The van der Waals surface area contributed by atoms with Gasteiger partial charge < -0.3 is 10.1 Å². The molecular weight excluding hydrogens is 287 g/mol. The highest BCUT2D eigenvalue weighted by Crippen LogP contribution is 2.24. The maximum Gasteiger partial charge on any atom is 0.573 e. The van der Waals surface area contributed by atoms with Gasteiger partial charge in [-0.05, 0) is 56.0 Å². The van der Waals surface area contributed by atoms with Gasteiger partial charge in [0.25, 0.3) is 0 Å². The van der Waals surface area contributed by atoms with Crippen LogP contribution >= 0.6 is 11.8 Å². The Labute approximate surface area is 122 Å². The molecule has 114 valence electrons. The Balaban J connectivity index is 2.39. The first-order valence-electron chi connectivity index (χ1n) is 6.50. The highest BCUT2D eigenvalue weighted by Gasteiger charge is 2.30. The molecule has 0 saturated heterocycles.